The van der Waals surface area contributed by atoms with Crippen molar-refractivity contribution in [2.24, 2.45) is 0 Å². The summed E-state index contributed by atoms with van der Waals surface area (Å²) in [6.45, 7) is 4.39. The fourth-order valence-electron chi connectivity index (χ4n) is 1.93. The van der Waals surface area contributed by atoms with Crippen LogP contribution in [0.2, 0.25) is 0 Å². The summed E-state index contributed by atoms with van der Waals surface area (Å²) in [4.78, 5) is 10.3. The first-order valence-corrected chi connectivity index (χ1v) is 7.52. The van der Waals surface area contributed by atoms with Crippen LogP contribution in [0, 0.1) is 10.1 Å². The third-order valence-corrected chi connectivity index (χ3v) is 3.60. The van der Waals surface area contributed by atoms with Gasteiger partial charge in [-0.05, 0) is 48.0 Å². The lowest BCUT2D eigenvalue weighted by atomic mass is 10.1. The quantitative estimate of drug-likeness (QED) is 0.601. The zero-order chi connectivity index (χ0) is 16.3. The number of non-ortho nitro benzene ring substituents is 1. The lowest BCUT2D eigenvalue weighted by molar-refractivity contribution is -0.384. The van der Waals surface area contributed by atoms with Crippen molar-refractivity contribution in [3.8, 4) is 11.3 Å². The Balaban J connectivity index is 2.10. The average molecular weight is 369 g/mol. The van der Waals surface area contributed by atoms with Crippen LogP contribution in [0.25, 0.3) is 11.3 Å². The van der Waals surface area contributed by atoms with E-state index in [1.54, 1.807) is 19.9 Å². The molecule has 0 radical (unpaired) electrons. The Bertz CT molecular complexity index is 676. The van der Waals surface area contributed by atoms with E-state index in [0.29, 0.717) is 23.3 Å². The van der Waals surface area contributed by atoms with Gasteiger partial charge in [-0.1, -0.05) is 0 Å². The van der Waals surface area contributed by atoms with Crippen LogP contribution in [0.3, 0.4) is 0 Å². The topological polar surface area (TPSA) is 88.5 Å². The standard InChI is InChI=1S/C15H17BrN2O4/c1-15(2,19)9-17-8-11-4-6-14(22-11)12-5-3-10(18(20)21)7-13(12)16/h3-7,17,19H,8-9H2,1-2H3. The molecule has 6 nitrogen and oxygen atoms in total. The summed E-state index contributed by atoms with van der Waals surface area (Å²) in [5.74, 6) is 1.35. The Hall–Kier alpha value is -1.70. The molecule has 0 atom stereocenters. The van der Waals surface area contributed by atoms with Gasteiger partial charge in [0, 0.05) is 28.7 Å². The minimum Gasteiger partial charge on any atom is -0.460 e. The number of rotatable bonds is 6. The predicted molar refractivity (Wildman–Crippen MR) is 86.5 cm³/mol. The Labute approximate surface area is 136 Å². The number of furan rings is 1. The number of halogens is 1. The van der Waals surface area contributed by atoms with Crippen molar-refractivity contribution in [3.05, 3.63) is 50.7 Å². The maximum absolute atomic E-state index is 10.7. The van der Waals surface area contributed by atoms with Crippen molar-refractivity contribution in [2.45, 2.75) is 26.0 Å². The number of aliphatic hydroxyl groups is 1. The normalized spacial score (nSPS) is 11.6. The average Bonchev–Trinajstić information content (AvgIpc) is 2.85. The van der Waals surface area contributed by atoms with Gasteiger partial charge in [0.1, 0.15) is 11.5 Å². The van der Waals surface area contributed by atoms with E-state index in [9.17, 15) is 15.2 Å². The van der Waals surface area contributed by atoms with Gasteiger partial charge in [-0.2, -0.15) is 0 Å². The molecule has 0 spiro atoms. The summed E-state index contributed by atoms with van der Waals surface area (Å²) in [6, 6.07) is 8.18. The highest BCUT2D eigenvalue weighted by Gasteiger charge is 2.14. The maximum atomic E-state index is 10.7. The van der Waals surface area contributed by atoms with Gasteiger partial charge in [-0.15, -0.1) is 0 Å². The molecule has 0 fully saturated rings. The number of nitrogens with zero attached hydrogens (tertiary/aromatic N) is 1. The molecule has 0 bridgehead atoms. The summed E-state index contributed by atoms with van der Waals surface area (Å²) >= 11 is 3.33. The van der Waals surface area contributed by atoms with Crippen molar-refractivity contribution >= 4 is 21.6 Å². The van der Waals surface area contributed by atoms with Crippen molar-refractivity contribution in [1.29, 1.82) is 0 Å². The number of nitro groups is 1. The van der Waals surface area contributed by atoms with E-state index >= 15 is 0 Å². The van der Waals surface area contributed by atoms with E-state index in [1.807, 2.05) is 12.1 Å². The molecule has 7 heteroatoms. The Kier molecular flexibility index (Phi) is 5.00. The summed E-state index contributed by atoms with van der Waals surface area (Å²) in [6.07, 6.45) is 0. The Morgan fingerprint density at radius 2 is 2.09 bits per heavy atom. The third kappa shape index (κ3) is 4.40. The highest BCUT2D eigenvalue weighted by Crippen LogP contribution is 2.32. The molecule has 118 valence electrons. The predicted octanol–water partition coefficient (Wildman–Crippen LogP) is 3.48. The van der Waals surface area contributed by atoms with Gasteiger partial charge in [0.25, 0.3) is 5.69 Å². The van der Waals surface area contributed by atoms with Crippen LogP contribution >= 0.6 is 15.9 Å². The second kappa shape index (κ2) is 6.60. The number of benzene rings is 1. The molecule has 2 rings (SSSR count). The minimum absolute atomic E-state index is 0.0225. The molecule has 0 amide bonds. The second-order valence-electron chi connectivity index (χ2n) is 5.60. The summed E-state index contributed by atoms with van der Waals surface area (Å²) < 4.78 is 6.33. The molecule has 1 aromatic heterocycles. The van der Waals surface area contributed by atoms with Gasteiger partial charge >= 0.3 is 0 Å². The largest absolute Gasteiger partial charge is 0.460 e. The van der Waals surface area contributed by atoms with Crippen LogP contribution in [0.5, 0.6) is 0 Å². The lowest BCUT2D eigenvalue weighted by Crippen LogP contribution is -2.34. The Morgan fingerprint density at radius 1 is 1.36 bits per heavy atom. The minimum atomic E-state index is -0.781. The number of hydrogen-bond donors (Lipinski definition) is 2. The Morgan fingerprint density at radius 3 is 2.68 bits per heavy atom. The molecular weight excluding hydrogens is 352 g/mol. The number of nitrogens with one attached hydrogen (secondary N) is 1. The van der Waals surface area contributed by atoms with Crippen LogP contribution in [-0.4, -0.2) is 22.2 Å². The molecule has 0 aliphatic heterocycles. The van der Waals surface area contributed by atoms with Crippen molar-refractivity contribution < 1.29 is 14.4 Å². The van der Waals surface area contributed by atoms with Crippen molar-refractivity contribution in [3.63, 3.8) is 0 Å². The smallest absolute Gasteiger partial charge is 0.270 e. The zero-order valence-corrected chi connectivity index (χ0v) is 13.9. The second-order valence-corrected chi connectivity index (χ2v) is 6.46. The van der Waals surface area contributed by atoms with Crippen LogP contribution in [0.1, 0.15) is 19.6 Å². The molecule has 0 aliphatic rings. The molecular formula is C15H17BrN2O4. The highest BCUT2D eigenvalue weighted by atomic mass is 79.9. The van der Waals surface area contributed by atoms with Gasteiger partial charge in [0.15, 0.2) is 0 Å². The first-order valence-electron chi connectivity index (χ1n) is 6.72. The first-order chi connectivity index (χ1) is 10.3. The highest BCUT2D eigenvalue weighted by molar-refractivity contribution is 9.10. The molecule has 22 heavy (non-hydrogen) atoms. The number of nitro benzene ring substituents is 1. The lowest BCUT2D eigenvalue weighted by Gasteiger charge is -2.16. The zero-order valence-electron chi connectivity index (χ0n) is 12.3. The molecule has 0 aliphatic carbocycles. The number of hydrogen-bond acceptors (Lipinski definition) is 5. The molecule has 0 unspecified atom stereocenters. The fourth-order valence-corrected chi connectivity index (χ4v) is 2.49. The van der Waals surface area contributed by atoms with Crippen LogP contribution in [0.15, 0.2) is 39.2 Å². The van der Waals surface area contributed by atoms with E-state index in [4.69, 9.17) is 4.42 Å². The summed E-state index contributed by atoms with van der Waals surface area (Å²) in [5, 5.41) is 23.5. The van der Waals surface area contributed by atoms with Crippen molar-refractivity contribution in [2.75, 3.05) is 6.54 Å². The first kappa shape index (κ1) is 16.7. The van der Waals surface area contributed by atoms with Crippen molar-refractivity contribution in [1.82, 2.24) is 5.32 Å². The van der Waals surface area contributed by atoms with Gasteiger partial charge in [-0.3, -0.25) is 10.1 Å². The van der Waals surface area contributed by atoms with Gasteiger partial charge in [-0.25, -0.2) is 0 Å². The van der Waals surface area contributed by atoms with E-state index in [1.165, 1.54) is 12.1 Å². The summed E-state index contributed by atoms with van der Waals surface area (Å²) in [7, 11) is 0. The van der Waals surface area contributed by atoms with E-state index in [2.05, 4.69) is 21.2 Å². The SMILES string of the molecule is CC(C)(O)CNCc1ccc(-c2ccc([N+](=O)[O-])cc2Br)o1. The molecule has 1 aromatic carbocycles. The third-order valence-electron chi connectivity index (χ3n) is 2.95. The molecule has 1 heterocycles. The van der Waals surface area contributed by atoms with Gasteiger partial charge < -0.3 is 14.8 Å². The maximum Gasteiger partial charge on any atom is 0.270 e. The van der Waals surface area contributed by atoms with E-state index in [0.717, 1.165) is 11.3 Å². The van der Waals surface area contributed by atoms with Gasteiger partial charge in [0.2, 0.25) is 0 Å². The molecule has 2 aromatic rings. The van der Waals surface area contributed by atoms with E-state index in [-0.39, 0.29) is 5.69 Å². The fraction of sp³-hybridized carbons (Fsp3) is 0.333. The molecule has 0 saturated heterocycles. The molecule has 0 saturated carbocycles. The van der Waals surface area contributed by atoms with Crippen LogP contribution in [0.4, 0.5) is 5.69 Å². The monoisotopic (exact) mass is 368 g/mol. The van der Waals surface area contributed by atoms with Gasteiger partial charge in [0.05, 0.1) is 17.1 Å². The van der Waals surface area contributed by atoms with Crippen LogP contribution in [-0.2, 0) is 6.54 Å². The summed E-state index contributed by atoms with van der Waals surface area (Å²) in [5.41, 5.74) is -0.00910. The molecule has 2 N–H and O–H groups in total. The van der Waals surface area contributed by atoms with E-state index < -0.39 is 10.5 Å². The van der Waals surface area contributed by atoms with Crippen LogP contribution < -0.4 is 5.32 Å².